The summed E-state index contributed by atoms with van der Waals surface area (Å²) in [5.41, 5.74) is 0.635. The van der Waals surface area contributed by atoms with Crippen LogP contribution in [0.1, 0.15) is 76.2 Å². The lowest BCUT2D eigenvalue weighted by molar-refractivity contribution is -0.102. The number of allylic oxidation sites excluding steroid dienone is 1. The first-order chi connectivity index (χ1) is 7.44. The fourth-order valence-corrected chi connectivity index (χ4v) is 0.919. The highest BCUT2D eigenvalue weighted by atomic mass is 16.5. The molecular formula is C16H38O3. The molecule has 0 unspecified atom stereocenters. The fraction of sp³-hybridized carbons (Fsp3) is 0.875. The van der Waals surface area contributed by atoms with E-state index >= 15 is 0 Å². The van der Waals surface area contributed by atoms with E-state index in [-0.39, 0.29) is 16.7 Å². The standard InChI is InChI=1S/C8H18O.C4H10O.C4H8.H2O/c1-7(2,3)9-8(4,5)6;1-4(2,3)5;1-4(2)3;/h1-6H3;5H,1-3H3;1H2,2-3H3;1H2. The third-order valence-corrected chi connectivity index (χ3v) is 0.612. The van der Waals surface area contributed by atoms with Gasteiger partial charge in [0, 0.05) is 0 Å². The molecule has 0 amide bonds. The lowest BCUT2D eigenvalue weighted by Gasteiger charge is -2.30. The van der Waals surface area contributed by atoms with Gasteiger partial charge in [0.25, 0.3) is 0 Å². The van der Waals surface area contributed by atoms with Gasteiger partial charge in [-0.15, -0.1) is 6.58 Å². The molecule has 0 bridgehead atoms. The Kier molecular flexibility index (Phi) is 14.8. The Labute approximate surface area is 121 Å². The van der Waals surface area contributed by atoms with Crippen molar-refractivity contribution in [3.8, 4) is 0 Å². The van der Waals surface area contributed by atoms with E-state index in [1.807, 2.05) is 13.8 Å². The SMILES string of the molecule is C=C(C)C.CC(C)(C)O.CC(C)(C)OC(C)(C)C.O. The van der Waals surface area contributed by atoms with Crippen LogP contribution < -0.4 is 0 Å². The Morgan fingerprint density at radius 3 is 0.895 bits per heavy atom. The zero-order chi connectivity index (χ0) is 15.8. The second kappa shape index (κ2) is 10.4. The van der Waals surface area contributed by atoms with Gasteiger partial charge in [-0.2, -0.15) is 0 Å². The molecule has 0 aliphatic rings. The molecule has 0 aromatic heterocycles. The summed E-state index contributed by atoms with van der Waals surface area (Å²) in [4.78, 5) is 0. The Hall–Kier alpha value is -0.380. The average molecular weight is 278 g/mol. The molecule has 3 N–H and O–H groups in total. The largest absolute Gasteiger partial charge is 0.412 e. The molecule has 19 heavy (non-hydrogen) atoms. The molecule has 0 heterocycles. The van der Waals surface area contributed by atoms with Crippen LogP contribution in [0.15, 0.2) is 12.2 Å². The second-order valence-corrected chi connectivity index (χ2v) is 7.70. The van der Waals surface area contributed by atoms with Crippen molar-refractivity contribution in [2.45, 2.75) is 93.0 Å². The van der Waals surface area contributed by atoms with Crippen molar-refractivity contribution in [3.05, 3.63) is 12.2 Å². The van der Waals surface area contributed by atoms with Gasteiger partial charge in [0.15, 0.2) is 0 Å². The van der Waals surface area contributed by atoms with Crippen molar-refractivity contribution in [1.29, 1.82) is 0 Å². The summed E-state index contributed by atoms with van der Waals surface area (Å²) in [5, 5.41) is 8.52. The Morgan fingerprint density at radius 1 is 0.789 bits per heavy atom. The number of hydrogen-bond acceptors (Lipinski definition) is 2. The van der Waals surface area contributed by atoms with E-state index in [0.29, 0.717) is 0 Å². The molecule has 0 aromatic rings. The summed E-state index contributed by atoms with van der Waals surface area (Å²) in [7, 11) is 0. The van der Waals surface area contributed by atoms with Crippen LogP contribution >= 0.6 is 0 Å². The molecule has 0 fully saturated rings. The highest BCUT2D eigenvalue weighted by Crippen LogP contribution is 2.17. The number of aliphatic hydroxyl groups is 1. The summed E-state index contributed by atoms with van der Waals surface area (Å²) in [5.74, 6) is 0. The molecule has 3 nitrogen and oxygen atoms in total. The van der Waals surface area contributed by atoms with Crippen molar-refractivity contribution >= 4 is 0 Å². The minimum Gasteiger partial charge on any atom is -0.412 e. The second-order valence-electron chi connectivity index (χ2n) is 7.70. The molecule has 0 saturated heterocycles. The van der Waals surface area contributed by atoms with Gasteiger partial charge in [-0.3, -0.25) is 0 Å². The maximum Gasteiger partial charge on any atom is 0.0605 e. The highest BCUT2D eigenvalue weighted by Gasteiger charge is 2.19. The summed E-state index contributed by atoms with van der Waals surface area (Å²) in [6, 6.07) is 0. The van der Waals surface area contributed by atoms with E-state index in [9.17, 15) is 0 Å². The van der Waals surface area contributed by atoms with E-state index in [1.54, 1.807) is 20.8 Å². The topological polar surface area (TPSA) is 61.0 Å². The van der Waals surface area contributed by atoms with Crippen molar-refractivity contribution in [2.75, 3.05) is 0 Å². The first-order valence-electron chi connectivity index (χ1n) is 6.49. The van der Waals surface area contributed by atoms with Crippen LogP contribution in [0.4, 0.5) is 0 Å². The molecule has 0 aromatic carbocycles. The summed E-state index contributed by atoms with van der Waals surface area (Å²) >= 11 is 0. The van der Waals surface area contributed by atoms with Crippen LogP contribution in [0, 0.1) is 0 Å². The summed E-state index contributed by atoms with van der Waals surface area (Å²) in [6.07, 6.45) is 0. The van der Waals surface area contributed by atoms with Crippen LogP contribution in [0.5, 0.6) is 0 Å². The molecule has 0 aliphatic heterocycles. The van der Waals surface area contributed by atoms with Gasteiger partial charge >= 0.3 is 0 Å². The lowest BCUT2D eigenvalue weighted by Crippen LogP contribution is -2.31. The highest BCUT2D eigenvalue weighted by molar-refractivity contribution is 4.78. The van der Waals surface area contributed by atoms with Crippen LogP contribution in [0.3, 0.4) is 0 Å². The maximum atomic E-state index is 8.52. The Morgan fingerprint density at radius 2 is 0.895 bits per heavy atom. The normalized spacial score (nSPS) is 11.2. The molecule has 0 aliphatic carbocycles. The van der Waals surface area contributed by atoms with Crippen LogP contribution in [-0.2, 0) is 4.74 Å². The van der Waals surface area contributed by atoms with E-state index in [1.165, 1.54) is 5.57 Å². The van der Waals surface area contributed by atoms with Gasteiger partial charge in [-0.1, -0.05) is 5.57 Å². The van der Waals surface area contributed by atoms with Crippen molar-refractivity contribution in [1.82, 2.24) is 0 Å². The monoisotopic (exact) mass is 278 g/mol. The van der Waals surface area contributed by atoms with E-state index in [2.05, 4.69) is 48.1 Å². The van der Waals surface area contributed by atoms with Gasteiger partial charge in [0.05, 0.1) is 16.8 Å². The number of rotatable bonds is 0. The van der Waals surface area contributed by atoms with Gasteiger partial charge in [-0.05, 0) is 76.2 Å². The first-order valence-corrected chi connectivity index (χ1v) is 6.49. The lowest BCUT2D eigenvalue weighted by atomic mass is 10.1. The molecule has 0 saturated carbocycles. The molecule has 3 heteroatoms. The summed E-state index contributed by atoms with van der Waals surface area (Å²) in [6.45, 7) is 25.1. The molecule has 0 spiro atoms. The molecule has 120 valence electrons. The van der Waals surface area contributed by atoms with Gasteiger partial charge in [0.2, 0.25) is 0 Å². The quantitative estimate of drug-likeness (QED) is 0.677. The van der Waals surface area contributed by atoms with Crippen LogP contribution in [-0.4, -0.2) is 27.4 Å². The molecule has 0 rings (SSSR count). The first kappa shape index (κ1) is 27.0. The van der Waals surface area contributed by atoms with Crippen LogP contribution in [0.2, 0.25) is 0 Å². The average Bonchev–Trinajstić information content (AvgIpc) is 1.67. The van der Waals surface area contributed by atoms with E-state index < -0.39 is 5.60 Å². The Balaban J connectivity index is -0.0000000964. The van der Waals surface area contributed by atoms with Crippen molar-refractivity contribution in [3.63, 3.8) is 0 Å². The van der Waals surface area contributed by atoms with Gasteiger partial charge < -0.3 is 15.3 Å². The third-order valence-electron chi connectivity index (χ3n) is 0.612. The Bertz CT molecular complexity index is 190. The van der Waals surface area contributed by atoms with Gasteiger partial charge in [0.1, 0.15) is 0 Å². The smallest absolute Gasteiger partial charge is 0.0605 e. The van der Waals surface area contributed by atoms with Crippen LogP contribution in [0.25, 0.3) is 0 Å². The minimum atomic E-state index is -0.500. The van der Waals surface area contributed by atoms with Crippen molar-refractivity contribution < 1.29 is 15.3 Å². The molecule has 0 atom stereocenters. The predicted octanol–water partition coefficient (Wildman–Crippen LogP) is 4.13. The zero-order valence-corrected chi connectivity index (χ0v) is 15.1. The van der Waals surface area contributed by atoms with Crippen molar-refractivity contribution in [2.24, 2.45) is 0 Å². The maximum absolute atomic E-state index is 8.52. The number of ether oxygens (including phenoxy) is 1. The third kappa shape index (κ3) is 136. The van der Waals surface area contributed by atoms with E-state index in [0.717, 1.165) is 0 Å². The minimum absolute atomic E-state index is 0. The van der Waals surface area contributed by atoms with Gasteiger partial charge in [-0.25, -0.2) is 0 Å². The molecule has 0 radical (unpaired) electrons. The summed E-state index contributed by atoms with van der Waals surface area (Å²) < 4.78 is 5.62. The fourth-order valence-electron chi connectivity index (χ4n) is 0.919. The number of hydrogen-bond donors (Lipinski definition) is 1. The molecular weight excluding hydrogens is 240 g/mol. The van der Waals surface area contributed by atoms with E-state index in [4.69, 9.17) is 9.84 Å². The zero-order valence-electron chi connectivity index (χ0n) is 15.1. The predicted molar refractivity (Wildman–Crippen MR) is 86.7 cm³/mol.